The summed E-state index contributed by atoms with van der Waals surface area (Å²) in [5.74, 6) is 0.808. The fourth-order valence-electron chi connectivity index (χ4n) is 3.18. The van der Waals surface area contributed by atoms with Gasteiger partial charge in [-0.1, -0.05) is 6.92 Å². The number of benzene rings is 1. The topological polar surface area (TPSA) is 76.8 Å². The zero-order chi connectivity index (χ0) is 15.5. The number of nitrogens with zero attached hydrogens (tertiary/aromatic N) is 1. The normalized spacial score (nSPS) is 20.9. The van der Waals surface area contributed by atoms with Gasteiger partial charge >= 0.3 is 0 Å². The summed E-state index contributed by atoms with van der Waals surface area (Å²) in [6.07, 6.45) is 2.33. The van der Waals surface area contributed by atoms with Gasteiger partial charge in [-0.05, 0) is 38.1 Å². The second kappa shape index (κ2) is 6.44. The second-order valence-electron chi connectivity index (χ2n) is 5.69. The third-order valence-electron chi connectivity index (χ3n) is 4.37. The van der Waals surface area contributed by atoms with E-state index in [1.54, 1.807) is 12.1 Å². The molecule has 0 aromatic heterocycles. The lowest BCUT2D eigenvalue weighted by Crippen LogP contribution is -2.40. The molecule has 1 amide bonds. The zero-order valence-corrected chi connectivity index (χ0v) is 12.9. The fraction of sp³-hybridized carbons (Fsp3) is 0.562. The third-order valence-corrected chi connectivity index (χ3v) is 4.37. The molecular weight excluding hydrogens is 282 g/mol. The molecule has 0 spiro atoms. The van der Waals surface area contributed by atoms with Crippen molar-refractivity contribution in [1.82, 2.24) is 10.2 Å². The Bertz CT molecular complexity index is 562. The quantitative estimate of drug-likeness (QED) is 0.819. The third kappa shape index (κ3) is 2.83. The van der Waals surface area contributed by atoms with E-state index in [1.807, 2.05) is 0 Å². The summed E-state index contributed by atoms with van der Waals surface area (Å²) in [7, 11) is 0. The summed E-state index contributed by atoms with van der Waals surface area (Å²) in [5.41, 5.74) is 6.87. The molecule has 1 aromatic carbocycles. The molecule has 2 heterocycles. The number of ether oxygens (including phenoxy) is 2. The highest BCUT2D eigenvalue weighted by Crippen LogP contribution is 2.38. The Hall–Kier alpha value is -1.95. The molecule has 0 bridgehead atoms. The van der Waals surface area contributed by atoms with E-state index >= 15 is 0 Å². The summed E-state index contributed by atoms with van der Waals surface area (Å²) in [6, 6.07) is 3.82. The molecule has 2 aliphatic rings. The van der Waals surface area contributed by atoms with E-state index in [1.165, 1.54) is 6.42 Å². The van der Waals surface area contributed by atoms with E-state index in [2.05, 4.69) is 17.1 Å². The van der Waals surface area contributed by atoms with Crippen molar-refractivity contribution in [2.24, 2.45) is 0 Å². The number of likely N-dealkylation sites (tertiary alicyclic amines) is 1. The average Bonchev–Trinajstić information content (AvgIpc) is 3.01. The summed E-state index contributed by atoms with van der Waals surface area (Å²) < 4.78 is 11.1. The van der Waals surface area contributed by atoms with Crippen LogP contribution in [0.15, 0.2) is 12.1 Å². The van der Waals surface area contributed by atoms with Crippen molar-refractivity contribution in [2.45, 2.75) is 25.8 Å². The van der Waals surface area contributed by atoms with Gasteiger partial charge < -0.3 is 20.5 Å². The van der Waals surface area contributed by atoms with Crippen LogP contribution in [0.1, 0.15) is 30.1 Å². The van der Waals surface area contributed by atoms with Gasteiger partial charge in [0.2, 0.25) is 0 Å². The van der Waals surface area contributed by atoms with Gasteiger partial charge in [0.25, 0.3) is 5.91 Å². The van der Waals surface area contributed by atoms with Gasteiger partial charge in [-0.25, -0.2) is 0 Å². The summed E-state index contributed by atoms with van der Waals surface area (Å²) in [6.45, 7) is 5.84. The molecule has 1 atom stereocenters. The van der Waals surface area contributed by atoms with E-state index in [-0.39, 0.29) is 5.91 Å². The van der Waals surface area contributed by atoms with Gasteiger partial charge in [-0.15, -0.1) is 0 Å². The number of likely N-dealkylation sites (N-methyl/N-ethyl adjacent to an activating group) is 1. The van der Waals surface area contributed by atoms with Gasteiger partial charge in [0.1, 0.15) is 13.2 Å². The van der Waals surface area contributed by atoms with E-state index < -0.39 is 0 Å². The Balaban J connectivity index is 1.70. The lowest BCUT2D eigenvalue weighted by atomic mass is 10.1. The summed E-state index contributed by atoms with van der Waals surface area (Å²) >= 11 is 0. The highest BCUT2D eigenvalue weighted by Gasteiger charge is 2.26. The number of carbonyl (C=O) groups excluding carboxylic acids is 1. The molecule has 0 radical (unpaired) electrons. The molecule has 0 saturated carbocycles. The van der Waals surface area contributed by atoms with Gasteiger partial charge in [0.05, 0.1) is 11.3 Å². The Morgan fingerprint density at radius 1 is 1.36 bits per heavy atom. The van der Waals surface area contributed by atoms with Crippen molar-refractivity contribution < 1.29 is 14.3 Å². The number of nitrogens with two attached hydrogens (primary N) is 1. The van der Waals surface area contributed by atoms with Crippen LogP contribution in [0.5, 0.6) is 11.5 Å². The monoisotopic (exact) mass is 305 g/mol. The van der Waals surface area contributed by atoms with E-state index in [0.717, 1.165) is 19.5 Å². The first kappa shape index (κ1) is 15.0. The van der Waals surface area contributed by atoms with Crippen molar-refractivity contribution in [2.75, 3.05) is 38.6 Å². The first-order valence-electron chi connectivity index (χ1n) is 7.91. The van der Waals surface area contributed by atoms with Crippen molar-refractivity contribution in [1.29, 1.82) is 0 Å². The van der Waals surface area contributed by atoms with Crippen LogP contribution in [0.25, 0.3) is 0 Å². The van der Waals surface area contributed by atoms with E-state index in [4.69, 9.17) is 15.2 Å². The van der Waals surface area contributed by atoms with Crippen molar-refractivity contribution >= 4 is 11.6 Å². The van der Waals surface area contributed by atoms with Crippen LogP contribution in [0.4, 0.5) is 5.69 Å². The summed E-state index contributed by atoms with van der Waals surface area (Å²) in [5, 5.41) is 3.02. The predicted molar refractivity (Wildman–Crippen MR) is 84.4 cm³/mol. The Labute approximate surface area is 130 Å². The number of rotatable bonds is 4. The molecule has 1 saturated heterocycles. The van der Waals surface area contributed by atoms with Crippen LogP contribution in [0.3, 0.4) is 0 Å². The highest BCUT2D eigenvalue weighted by molar-refractivity contribution is 5.98. The van der Waals surface area contributed by atoms with Crippen molar-refractivity contribution in [3.63, 3.8) is 0 Å². The Kier molecular flexibility index (Phi) is 4.38. The second-order valence-corrected chi connectivity index (χ2v) is 5.69. The fourth-order valence-corrected chi connectivity index (χ4v) is 3.18. The molecule has 1 unspecified atom stereocenters. The Morgan fingerprint density at radius 3 is 2.91 bits per heavy atom. The van der Waals surface area contributed by atoms with Crippen LogP contribution in [0.2, 0.25) is 0 Å². The predicted octanol–water partition coefficient (Wildman–Crippen LogP) is 1.25. The molecular formula is C16H23N3O3. The van der Waals surface area contributed by atoms with Crippen molar-refractivity contribution in [3.05, 3.63) is 17.7 Å². The molecule has 1 aromatic rings. The molecule has 1 fully saturated rings. The maximum absolute atomic E-state index is 12.5. The number of hydrogen-bond donors (Lipinski definition) is 2. The standard InChI is InChI=1S/C16H23N3O3/c1-2-19-7-3-4-11(19)10-18-16(20)12-5-6-13(17)15-14(12)21-8-9-22-15/h5-6,11H,2-4,7-10,17H2,1H3,(H,18,20). The highest BCUT2D eigenvalue weighted by atomic mass is 16.6. The maximum Gasteiger partial charge on any atom is 0.255 e. The minimum atomic E-state index is -0.135. The maximum atomic E-state index is 12.5. The molecule has 6 nitrogen and oxygen atoms in total. The number of nitrogens with one attached hydrogen (secondary N) is 1. The Morgan fingerprint density at radius 2 is 2.14 bits per heavy atom. The van der Waals surface area contributed by atoms with Crippen LogP contribution in [-0.4, -0.2) is 49.7 Å². The molecule has 2 aliphatic heterocycles. The van der Waals surface area contributed by atoms with Gasteiger partial charge in [-0.3, -0.25) is 9.69 Å². The van der Waals surface area contributed by atoms with Gasteiger partial charge in [0, 0.05) is 12.6 Å². The number of nitrogen functional groups attached to an aromatic ring is 1. The lowest BCUT2D eigenvalue weighted by Gasteiger charge is -2.24. The number of amides is 1. The first-order valence-corrected chi connectivity index (χ1v) is 7.91. The minimum absolute atomic E-state index is 0.135. The molecule has 6 heteroatoms. The number of hydrogen-bond acceptors (Lipinski definition) is 5. The number of anilines is 1. The first-order chi connectivity index (χ1) is 10.7. The summed E-state index contributed by atoms with van der Waals surface area (Å²) in [4.78, 5) is 14.9. The zero-order valence-electron chi connectivity index (χ0n) is 12.9. The van der Waals surface area contributed by atoms with E-state index in [9.17, 15) is 4.79 Å². The minimum Gasteiger partial charge on any atom is -0.485 e. The van der Waals surface area contributed by atoms with Crippen LogP contribution < -0.4 is 20.5 Å². The van der Waals surface area contributed by atoms with Gasteiger partial charge in [0.15, 0.2) is 11.5 Å². The molecule has 3 rings (SSSR count). The lowest BCUT2D eigenvalue weighted by molar-refractivity contribution is 0.0930. The molecule has 120 valence electrons. The number of carbonyl (C=O) groups is 1. The van der Waals surface area contributed by atoms with Crippen LogP contribution >= 0.6 is 0 Å². The van der Waals surface area contributed by atoms with Gasteiger partial charge in [-0.2, -0.15) is 0 Å². The van der Waals surface area contributed by atoms with Crippen LogP contribution in [0, 0.1) is 0 Å². The largest absolute Gasteiger partial charge is 0.485 e. The molecule has 0 aliphatic carbocycles. The molecule has 22 heavy (non-hydrogen) atoms. The average molecular weight is 305 g/mol. The number of fused-ring (bicyclic) bond motifs is 1. The van der Waals surface area contributed by atoms with Crippen molar-refractivity contribution in [3.8, 4) is 11.5 Å². The SMILES string of the molecule is CCN1CCCC1CNC(=O)c1ccc(N)c2c1OCCO2. The van der Waals surface area contributed by atoms with Crippen LogP contribution in [-0.2, 0) is 0 Å². The van der Waals surface area contributed by atoms with E-state index in [0.29, 0.717) is 48.6 Å². The smallest absolute Gasteiger partial charge is 0.255 e. The molecule has 3 N–H and O–H groups in total.